The van der Waals surface area contributed by atoms with Gasteiger partial charge in [0.25, 0.3) is 0 Å². The van der Waals surface area contributed by atoms with Crippen molar-refractivity contribution in [3.05, 3.63) is 54.6 Å². The molecular weight excluding hydrogens is 294 g/mol. The zero-order valence-corrected chi connectivity index (χ0v) is 12.3. The number of rotatable bonds is 4. The third kappa shape index (κ3) is 2.80. The number of aromatic nitrogens is 4. The molecule has 0 fully saturated rings. The molecule has 0 unspecified atom stereocenters. The van der Waals surface area contributed by atoms with Gasteiger partial charge in [-0.2, -0.15) is 4.68 Å². The Morgan fingerprint density at radius 3 is 2.70 bits per heavy atom. The number of tetrazole rings is 1. The number of ether oxygens (including phenoxy) is 2. The molecule has 1 aliphatic rings. The van der Waals surface area contributed by atoms with Crippen LogP contribution >= 0.6 is 0 Å². The fourth-order valence-corrected chi connectivity index (χ4v) is 2.41. The van der Waals surface area contributed by atoms with Crippen molar-refractivity contribution in [3.8, 4) is 17.2 Å². The SMILES string of the molecule is c1ccc(-n2nnnc2NC[C@H]2COc3ccccc3O2)cc1. The lowest BCUT2D eigenvalue weighted by molar-refractivity contribution is 0.0996. The number of nitrogens with zero attached hydrogens (tertiary/aromatic N) is 4. The Labute approximate surface area is 132 Å². The molecule has 4 rings (SSSR count). The fourth-order valence-electron chi connectivity index (χ4n) is 2.41. The predicted molar refractivity (Wildman–Crippen MR) is 84.0 cm³/mol. The van der Waals surface area contributed by atoms with Crippen LogP contribution in [0.15, 0.2) is 54.6 Å². The van der Waals surface area contributed by atoms with E-state index in [1.54, 1.807) is 4.68 Å². The second kappa shape index (κ2) is 5.96. The second-order valence-electron chi connectivity index (χ2n) is 5.13. The summed E-state index contributed by atoms with van der Waals surface area (Å²) in [6, 6.07) is 17.4. The molecule has 116 valence electrons. The monoisotopic (exact) mass is 309 g/mol. The van der Waals surface area contributed by atoms with Gasteiger partial charge < -0.3 is 14.8 Å². The highest BCUT2D eigenvalue weighted by Gasteiger charge is 2.21. The van der Waals surface area contributed by atoms with Gasteiger partial charge >= 0.3 is 0 Å². The number of benzene rings is 2. The van der Waals surface area contributed by atoms with Gasteiger partial charge in [-0.15, -0.1) is 0 Å². The van der Waals surface area contributed by atoms with Crippen molar-refractivity contribution < 1.29 is 9.47 Å². The third-order valence-electron chi connectivity index (χ3n) is 3.53. The molecule has 2 aromatic carbocycles. The van der Waals surface area contributed by atoms with E-state index in [0.717, 1.165) is 17.2 Å². The van der Waals surface area contributed by atoms with Crippen molar-refractivity contribution in [1.29, 1.82) is 0 Å². The maximum atomic E-state index is 5.91. The molecule has 0 bridgehead atoms. The van der Waals surface area contributed by atoms with Crippen LogP contribution in [0.5, 0.6) is 11.5 Å². The molecule has 23 heavy (non-hydrogen) atoms. The van der Waals surface area contributed by atoms with E-state index in [2.05, 4.69) is 20.8 Å². The minimum Gasteiger partial charge on any atom is -0.486 e. The number of nitrogens with one attached hydrogen (secondary N) is 1. The smallest absolute Gasteiger partial charge is 0.247 e. The van der Waals surface area contributed by atoms with Crippen molar-refractivity contribution >= 4 is 5.95 Å². The Morgan fingerprint density at radius 2 is 1.83 bits per heavy atom. The molecule has 7 nitrogen and oxygen atoms in total. The van der Waals surface area contributed by atoms with Crippen LogP contribution in [-0.4, -0.2) is 39.5 Å². The molecule has 0 saturated heterocycles. The Hall–Kier alpha value is -3.09. The Kier molecular flexibility index (Phi) is 3.51. The van der Waals surface area contributed by atoms with E-state index in [0.29, 0.717) is 19.1 Å². The summed E-state index contributed by atoms with van der Waals surface area (Å²) in [5.74, 6) is 2.10. The van der Waals surface area contributed by atoms with Gasteiger partial charge in [-0.3, -0.25) is 0 Å². The molecule has 0 aliphatic carbocycles. The zero-order chi connectivity index (χ0) is 15.5. The summed E-state index contributed by atoms with van der Waals surface area (Å²) in [5, 5.41) is 15.0. The van der Waals surface area contributed by atoms with E-state index in [1.807, 2.05) is 54.6 Å². The average molecular weight is 309 g/mol. The van der Waals surface area contributed by atoms with Crippen molar-refractivity contribution in [2.75, 3.05) is 18.5 Å². The van der Waals surface area contributed by atoms with Crippen LogP contribution in [0, 0.1) is 0 Å². The van der Waals surface area contributed by atoms with E-state index < -0.39 is 0 Å². The predicted octanol–water partition coefficient (Wildman–Crippen LogP) is 1.91. The van der Waals surface area contributed by atoms with E-state index in [4.69, 9.17) is 9.47 Å². The molecule has 1 N–H and O–H groups in total. The van der Waals surface area contributed by atoms with E-state index in [1.165, 1.54) is 0 Å². The van der Waals surface area contributed by atoms with Crippen molar-refractivity contribution in [3.63, 3.8) is 0 Å². The lowest BCUT2D eigenvalue weighted by Crippen LogP contribution is -2.35. The first kappa shape index (κ1) is 13.6. The van der Waals surface area contributed by atoms with Crippen LogP contribution in [0.1, 0.15) is 0 Å². The minimum atomic E-state index is -0.106. The third-order valence-corrected chi connectivity index (χ3v) is 3.53. The summed E-state index contributed by atoms with van der Waals surface area (Å²) < 4.78 is 13.3. The first-order valence-electron chi connectivity index (χ1n) is 7.36. The number of anilines is 1. The topological polar surface area (TPSA) is 74.1 Å². The van der Waals surface area contributed by atoms with Crippen LogP contribution in [0.2, 0.25) is 0 Å². The first-order chi connectivity index (χ1) is 11.4. The summed E-state index contributed by atoms with van der Waals surface area (Å²) in [4.78, 5) is 0. The molecule has 2 heterocycles. The van der Waals surface area contributed by atoms with Crippen LogP contribution < -0.4 is 14.8 Å². The Balaban J connectivity index is 1.44. The van der Waals surface area contributed by atoms with Gasteiger partial charge in [0.1, 0.15) is 12.7 Å². The van der Waals surface area contributed by atoms with Gasteiger partial charge in [-0.05, 0) is 34.7 Å². The lowest BCUT2D eigenvalue weighted by Gasteiger charge is -2.26. The number of hydrogen-bond donors (Lipinski definition) is 1. The first-order valence-corrected chi connectivity index (χ1v) is 7.36. The van der Waals surface area contributed by atoms with Crippen LogP contribution in [-0.2, 0) is 0 Å². The molecule has 0 radical (unpaired) electrons. The largest absolute Gasteiger partial charge is 0.486 e. The van der Waals surface area contributed by atoms with Crippen molar-refractivity contribution in [2.45, 2.75) is 6.10 Å². The molecule has 0 amide bonds. The molecular formula is C16H15N5O2. The van der Waals surface area contributed by atoms with Crippen LogP contribution in [0.3, 0.4) is 0 Å². The van der Waals surface area contributed by atoms with E-state index in [-0.39, 0.29) is 6.10 Å². The van der Waals surface area contributed by atoms with Gasteiger partial charge in [0.2, 0.25) is 5.95 Å². The van der Waals surface area contributed by atoms with Gasteiger partial charge in [0.15, 0.2) is 11.5 Å². The van der Waals surface area contributed by atoms with Crippen LogP contribution in [0.4, 0.5) is 5.95 Å². The summed E-state index contributed by atoms with van der Waals surface area (Å²) in [6.07, 6.45) is -0.106. The minimum absolute atomic E-state index is 0.106. The van der Waals surface area contributed by atoms with Gasteiger partial charge in [0.05, 0.1) is 12.2 Å². The van der Waals surface area contributed by atoms with E-state index >= 15 is 0 Å². The second-order valence-corrected chi connectivity index (χ2v) is 5.13. The molecule has 3 aromatic rings. The van der Waals surface area contributed by atoms with Crippen molar-refractivity contribution in [1.82, 2.24) is 20.2 Å². The number of hydrogen-bond acceptors (Lipinski definition) is 6. The molecule has 0 saturated carbocycles. The zero-order valence-electron chi connectivity index (χ0n) is 12.3. The highest BCUT2D eigenvalue weighted by Crippen LogP contribution is 2.30. The highest BCUT2D eigenvalue weighted by molar-refractivity contribution is 5.41. The molecule has 1 aliphatic heterocycles. The summed E-state index contributed by atoms with van der Waals surface area (Å²) in [5.41, 5.74) is 0.895. The van der Waals surface area contributed by atoms with Crippen molar-refractivity contribution in [2.24, 2.45) is 0 Å². The average Bonchev–Trinajstić information content (AvgIpc) is 3.09. The highest BCUT2D eigenvalue weighted by atomic mass is 16.6. The maximum Gasteiger partial charge on any atom is 0.247 e. The molecule has 1 atom stereocenters. The summed E-state index contributed by atoms with van der Waals surface area (Å²) >= 11 is 0. The molecule has 0 spiro atoms. The Bertz CT molecular complexity index is 790. The standard InChI is InChI=1S/C16H15N5O2/c1-2-6-12(7-3-1)21-16(18-19-20-21)17-10-13-11-22-14-8-4-5-9-15(14)23-13/h1-9,13H,10-11H2,(H,17,18,20)/t13-/m0/s1. The normalized spacial score (nSPS) is 16.1. The fraction of sp³-hybridized carbons (Fsp3) is 0.188. The van der Waals surface area contributed by atoms with Gasteiger partial charge in [-0.1, -0.05) is 35.4 Å². The maximum absolute atomic E-state index is 5.91. The molecule has 1 aromatic heterocycles. The summed E-state index contributed by atoms with van der Waals surface area (Å²) in [7, 11) is 0. The van der Waals surface area contributed by atoms with Crippen LogP contribution in [0.25, 0.3) is 5.69 Å². The molecule has 7 heteroatoms. The van der Waals surface area contributed by atoms with E-state index in [9.17, 15) is 0 Å². The van der Waals surface area contributed by atoms with Gasteiger partial charge in [-0.25, -0.2) is 0 Å². The Morgan fingerprint density at radius 1 is 1.04 bits per heavy atom. The lowest BCUT2D eigenvalue weighted by atomic mass is 10.2. The number of fused-ring (bicyclic) bond motifs is 1. The summed E-state index contributed by atoms with van der Waals surface area (Å²) in [6.45, 7) is 1.03. The quantitative estimate of drug-likeness (QED) is 0.793. The van der Waals surface area contributed by atoms with Gasteiger partial charge in [0, 0.05) is 0 Å². The number of para-hydroxylation sites is 3.